The SMILES string of the molecule is COCC1CCCN1N=C1CC(C)(C)C(O)(C=CC(C)=CCO)c2ccccc21. The molecule has 1 fully saturated rings. The van der Waals surface area contributed by atoms with Crippen LogP contribution in [0.5, 0.6) is 0 Å². The molecule has 1 saturated heterocycles. The summed E-state index contributed by atoms with van der Waals surface area (Å²) in [5.41, 5.74) is 2.27. The van der Waals surface area contributed by atoms with Crippen LogP contribution in [0, 0.1) is 5.41 Å². The minimum absolute atomic E-state index is 0.0101. The van der Waals surface area contributed by atoms with E-state index in [4.69, 9.17) is 14.9 Å². The van der Waals surface area contributed by atoms with Gasteiger partial charge in [-0.15, -0.1) is 0 Å². The maximum absolute atomic E-state index is 11.8. The van der Waals surface area contributed by atoms with Crippen LogP contribution in [0.25, 0.3) is 0 Å². The summed E-state index contributed by atoms with van der Waals surface area (Å²) in [6.07, 6.45) is 8.39. The first-order valence-electron chi connectivity index (χ1n) is 10.4. The fraction of sp³-hybridized carbons (Fsp3) is 0.542. The summed E-state index contributed by atoms with van der Waals surface area (Å²) >= 11 is 0. The number of ether oxygens (including phenoxy) is 1. The lowest BCUT2D eigenvalue weighted by Gasteiger charge is -2.46. The number of rotatable bonds is 6. The van der Waals surface area contributed by atoms with E-state index in [1.807, 2.05) is 37.3 Å². The minimum atomic E-state index is -1.12. The van der Waals surface area contributed by atoms with Gasteiger partial charge >= 0.3 is 0 Å². The molecule has 2 aliphatic rings. The molecule has 1 aliphatic heterocycles. The number of fused-ring (bicyclic) bond motifs is 1. The van der Waals surface area contributed by atoms with Crippen LogP contribution in [-0.2, 0) is 10.3 Å². The quantitative estimate of drug-likeness (QED) is 0.719. The monoisotopic (exact) mass is 398 g/mol. The average molecular weight is 399 g/mol. The van der Waals surface area contributed by atoms with Gasteiger partial charge in [-0.05, 0) is 31.4 Å². The smallest absolute Gasteiger partial charge is 0.114 e. The summed E-state index contributed by atoms with van der Waals surface area (Å²) in [7, 11) is 1.74. The van der Waals surface area contributed by atoms with Gasteiger partial charge in [-0.3, -0.25) is 5.01 Å². The average Bonchev–Trinajstić information content (AvgIpc) is 3.12. The number of allylic oxidation sites excluding steroid dienone is 2. The Morgan fingerprint density at radius 3 is 2.83 bits per heavy atom. The number of hydrazone groups is 1. The predicted octanol–water partition coefficient (Wildman–Crippen LogP) is 3.61. The van der Waals surface area contributed by atoms with Crippen LogP contribution in [0.3, 0.4) is 0 Å². The second-order valence-electron chi connectivity index (χ2n) is 8.80. The Kier molecular flexibility index (Phi) is 6.62. The van der Waals surface area contributed by atoms with Crippen LogP contribution in [0.2, 0.25) is 0 Å². The minimum Gasteiger partial charge on any atom is -0.392 e. The third kappa shape index (κ3) is 4.32. The molecule has 3 rings (SSSR count). The second-order valence-corrected chi connectivity index (χ2v) is 8.80. The number of nitrogens with zero attached hydrogens (tertiary/aromatic N) is 2. The molecule has 0 amide bonds. The van der Waals surface area contributed by atoms with Gasteiger partial charge in [-0.2, -0.15) is 5.10 Å². The number of hydrogen-bond donors (Lipinski definition) is 2. The highest BCUT2D eigenvalue weighted by molar-refractivity contribution is 6.03. The van der Waals surface area contributed by atoms with Gasteiger partial charge < -0.3 is 14.9 Å². The molecule has 0 radical (unpaired) electrons. The molecule has 1 aliphatic carbocycles. The Labute approximate surface area is 174 Å². The lowest BCUT2D eigenvalue weighted by molar-refractivity contribution is -0.0294. The van der Waals surface area contributed by atoms with Crippen molar-refractivity contribution < 1.29 is 14.9 Å². The van der Waals surface area contributed by atoms with E-state index >= 15 is 0 Å². The van der Waals surface area contributed by atoms with E-state index in [1.165, 1.54) is 0 Å². The van der Waals surface area contributed by atoms with Crippen LogP contribution in [0.15, 0.2) is 53.2 Å². The second kappa shape index (κ2) is 8.82. The van der Waals surface area contributed by atoms with Gasteiger partial charge in [0.2, 0.25) is 0 Å². The highest BCUT2D eigenvalue weighted by Gasteiger charge is 2.49. The lowest BCUT2D eigenvalue weighted by Crippen LogP contribution is -2.47. The number of aliphatic hydroxyl groups excluding tert-OH is 1. The van der Waals surface area contributed by atoms with E-state index in [-0.39, 0.29) is 6.61 Å². The summed E-state index contributed by atoms with van der Waals surface area (Å²) in [6.45, 7) is 7.72. The molecule has 0 aromatic heterocycles. The molecule has 2 N–H and O–H groups in total. The zero-order valence-corrected chi connectivity index (χ0v) is 18.1. The highest BCUT2D eigenvalue weighted by atomic mass is 16.5. The first-order valence-corrected chi connectivity index (χ1v) is 10.4. The topological polar surface area (TPSA) is 65.3 Å². The highest BCUT2D eigenvalue weighted by Crippen LogP contribution is 2.49. The molecule has 1 aromatic carbocycles. The van der Waals surface area contributed by atoms with E-state index < -0.39 is 11.0 Å². The van der Waals surface area contributed by atoms with Crippen molar-refractivity contribution in [2.75, 3.05) is 26.9 Å². The van der Waals surface area contributed by atoms with Gasteiger partial charge in [0.25, 0.3) is 0 Å². The lowest BCUT2D eigenvalue weighted by atomic mass is 9.62. The first kappa shape index (κ1) is 21.8. The van der Waals surface area contributed by atoms with Crippen LogP contribution in [0.4, 0.5) is 0 Å². The van der Waals surface area contributed by atoms with Crippen LogP contribution < -0.4 is 0 Å². The Balaban J connectivity index is 2.04. The number of aliphatic hydroxyl groups is 2. The Bertz CT molecular complexity index is 812. The zero-order valence-electron chi connectivity index (χ0n) is 18.1. The molecular weight excluding hydrogens is 364 g/mol. The molecule has 1 aromatic rings. The molecule has 1 heterocycles. The van der Waals surface area contributed by atoms with Crippen molar-refractivity contribution in [2.45, 2.75) is 51.7 Å². The van der Waals surface area contributed by atoms with Crippen molar-refractivity contribution in [3.05, 3.63) is 59.2 Å². The van der Waals surface area contributed by atoms with E-state index in [0.717, 1.165) is 41.8 Å². The molecular formula is C24H34N2O3. The molecule has 0 spiro atoms. The van der Waals surface area contributed by atoms with Gasteiger partial charge in [0, 0.05) is 31.1 Å². The summed E-state index contributed by atoms with van der Waals surface area (Å²) in [4.78, 5) is 0. The van der Waals surface area contributed by atoms with Crippen molar-refractivity contribution in [3.63, 3.8) is 0 Å². The van der Waals surface area contributed by atoms with E-state index in [1.54, 1.807) is 13.2 Å². The molecule has 5 nitrogen and oxygen atoms in total. The third-order valence-corrected chi connectivity index (χ3v) is 6.24. The number of methoxy groups -OCH3 is 1. The predicted molar refractivity (Wildman–Crippen MR) is 117 cm³/mol. The molecule has 0 saturated carbocycles. The van der Waals surface area contributed by atoms with Crippen LogP contribution >= 0.6 is 0 Å². The van der Waals surface area contributed by atoms with E-state index in [9.17, 15) is 5.11 Å². The van der Waals surface area contributed by atoms with Gasteiger partial charge in [-0.25, -0.2) is 0 Å². The van der Waals surface area contributed by atoms with Gasteiger partial charge in [0.15, 0.2) is 0 Å². The summed E-state index contributed by atoms with van der Waals surface area (Å²) < 4.78 is 5.38. The van der Waals surface area contributed by atoms with Crippen LogP contribution in [0.1, 0.15) is 51.2 Å². The Morgan fingerprint density at radius 1 is 1.34 bits per heavy atom. The van der Waals surface area contributed by atoms with E-state index in [0.29, 0.717) is 19.1 Å². The van der Waals surface area contributed by atoms with Crippen LogP contribution in [-0.4, -0.2) is 53.8 Å². The normalized spacial score (nSPS) is 28.3. The molecule has 29 heavy (non-hydrogen) atoms. The summed E-state index contributed by atoms with van der Waals surface area (Å²) in [6, 6.07) is 8.34. The van der Waals surface area contributed by atoms with Crippen molar-refractivity contribution in [1.29, 1.82) is 0 Å². The number of benzene rings is 1. The van der Waals surface area contributed by atoms with Gasteiger partial charge in [-0.1, -0.05) is 55.8 Å². The fourth-order valence-electron chi connectivity index (χ4n) is 4.42. The maximum atomic E-state index is 11.8. The maximum Gasteiger partial charge on any atom is 0.114 e. The molecule has 0 bridgehead atoms. The van der Waals surface area contributed by atoms with Crippen molar-refractivity contribution in [3.8, 4) is 0 Å². The van der Waals surface area contributed by atoms with Gasteiger partial charge in [0.1, 0.15) is 5.60 Å². The van der Waals surface area contributed by atoms with E-state index in [2.05, 4.69) is 24.9 Å². The first-order chi connectivity index (χ1) is 13.8. The van der Waals surface area contributed by atoms with Crippen molar-refractivity contribution in [2.24, 2.45) is 10.5 Å². The summed E-state index contributed by atoms with van der Waals surface area (Å²) in [5.74, 6) is 0. The van der Waals surface area contributed by atoms with Crippen molar-refractivity contribution >= 4 is 5.71 Å². The largest absolute Gasteiger partial charge is 0.392 e. The molecule has 5 heteroatoms. The van der Waals surface area contributed by atoms with Gasteiger partial charge in [0.05, 0.1) is 25.0 Å². The third-order valence-electron chi connectivity index (χ3n) is 6.24. The molecule has 2 atom stereocenters. The Hall–Kier alpha value is -1.95. The standard InChI is InChI=1S/C24H34N2O3/c1-18(12-15-27)11-13-24(28)21-10-6-5-9-20(21)22(16-23(24,2)3)25-26-14-7-8-19(26)17-29-4/h5-6,9-13,19,27-28H,7-8,14-17H2,1-4H3. The summed E-state index contributed by atoms with van der Waals surface area (Å²) in [5, 5.41) is 28.2. The van der Waals surface area contributed by atoms with Crippen molar-refractivity contribution in [1.82, 2.24) is 5.01 Å². The zero-order chi connectivity index (χ0) is 21.1. The molecule has 158 valence electrons. The number of hydrogen-bond acceptors (Lipinski definition) is 5. The Morgan fingerprint density at radius 2 is 2.10 bits per heavy atom. The fourth-order valence-corrected chi connectivity index (χ4v) is 4.42. The molecule has 2 unspecified atom stereocenters.